The molecule has 1 N–H and O–H groups in total. The summed E-state index contributed by atoms with van der Waals surface area (Å²) in [6.07, 6.45) is 1.54. The number of carbonyl (C=O) groups is 3. The maximum Gasteiger partial charge on any atom is 0.337 e. The van der Waals surface area contributed by atoms with E-state index in [0.717, 1.165) is 10.7 Å². The lowest BCUT2D eigenvalue weighted by molar-refractivity contribution is -0.117. The Labute approximate surface area is 190 Å². The summed E-state index contributed by atoms with van der Waals surface area (Å²) in [6, 6.07) is 13.6. The monoisotopic (exact) mass is 461 g/mol. The Morgan fingerprint density at radius 1 is 1.03 bits per heavy atom. The van der Waals surface area contributed by atoms with Crippen molar-refractivity contribution in [1.82, 2.24) is 5.43 Å². The number of benzene rings is 2. The van der Waals surface area contributed by atoms with Gasteiger partial charge in [0.05, 0.1) is 18.4 Å². The predicted octanol–water partition coefficient (Wildman–Crippen LogP) is 3.22. The quantitative estimate of drug-likeness (QED) is 0.282. The fourth-order valence-corrected chi connectivity index (χ4v) is 3.53. The number of alkyl halides is 2. The highest BCUT2D eigenvalue weighted by molar-refractivity contribution is 6.31. The minimum atomic E-state index is -0.503. The molecule has 2 aromatic carbocycles. The number of anilines is 2. The summed E-state index contributed by atoms with van der Waals surface area (Å²) in [5.41, 5.74) is 5.00. The molecule has 0 aromatic heterocycles. The van der Waals surface area contributed by atoms with Crippen LogP contribution in [0.25, 0.3) is 6.08 Å². The van der Waals surface area contributed by atoms with Crippen LogP contribution in [0.4, 0.5) is 11.4 Å². The van der Waals surface area contributed by atoms with Gasteiger partial charge >= 0.3 is 5.97 Å². The van der Waals surface area contributed by atoms with Crippen LogP contribution in [-0.4, -0.2) is 49.7 Å². The van der Waals surface area contributed by atoms with Crippen LogP contribution in [0.5, 0.6) is 0 Å². The minimum Gasteiger partial charge on any atom is -0.465 e. The minimum absolute atomic E-state index is 0.0168. The van der Waals surface area contributed by atoms with Gasteiger partial charge in [0.2, 0.25) is 0 Å². The highest BCUT2D eigenvalue weighted by Gasteiger charge is 2.34. The lowest BCUT2D eigenvalue weighted by Crippen LogP contribution is -2.35. The summed E-state index contributed by atoms with van der Waals surface area (Å²) in [5, 5.41) is 1.15. The van der Waals surface area contributed by atoms with Crippen LogP contribution >= 0.6 is 23.2 Å². The van der Waals surface area contributed by atoms with Crippen LogP contribution in [0.15, 0.2) is 54.1 Å². The molecule has 1 aliphatic heterocycles. The highest BCUT2D eigenvalue weighted by Crippen LogP contribution is 2.23. The Morgan fingerprint density at radius 3 is 2.19 bits per heavy atom. The van der Waals surface area contributed by atoms with Crippen molar-refractivity contribution >= 4 is 58.4 Å². The third-order valence-corrected chi connectivity index (χ3v) is 5.05. The lowest BCUT2D eigenvalue weighted by Gasteiger charge is -2.22. The molecule has 0 radical (unpaired) electrons. The summed E-state index contributed by atoms with van der Waals surface area (Å²) >= 11 is 11.7. The maximum atomic E-state index is 12.8. The molecule has 1 heterocycles. The normalized spacial score (nSPS) is 14.7. The number of hydrogen-bond acceptors (Lipinski definition) is 5. The van der Waals surface area contributed by atoms with Crippen molar-refractivity contribution in [3.05, 3.63) is 65.2 Å². The number of hydrogen-bond donors (Lipinski definition) is 1. The number of ether oxygens (including phenoxy) is 1. The van der Waals surface area contributed by atoms with E-state index in [-0.39, 0.29) is 5.57 Å². The van der Waals surface area contributed by atoms with Gasteiger partial charge in [0.1, 0.15) is 5.57 Å². The van der Waals surface area contributed by atoms with Gasteiger partial charge in [-0.2, -0.15) is 0 Å². The van der Waals surface area contributed by atoms with Gasteiger partial charge in [-0.3, -0.25) is 15.0 Å². The first kappa shape index (κ1) is 22.7. The van der Waals surface area contributed by atoms with Crippen molar-refractivity contribution in [1.29, 1.82) is 0 Å². The summed E-state index contributed by atoms with van der Waals surface area (Å²) in [5.74, 6) is -0.507. The van der Waals surface area contributed by atoms with E-state index in [9.17, 15) is 14.4 Å². The molecule has 2 amide bonds. The summed E-state index contributed by atoms with van der Waals surface area (Å²) < 4.78 is 4.66. The Balaban J connectivity index is 1.78. The zero-order chi connectivity index (χ0) is 22.4. The number of carbonyl (C=O) groups excluding carboxylic acids is 3. The van der Waals surface area contributed by atoms with Gasteiger partial charge in [-0.25, -0.2) is 9.80 Å². The first-order valence-electron chi connectivity index (χ1n) is 9.51. The second kappa shape index (κ2) is 10.3. The molecule has 31 heavy (non-hydrogen) atoms. The van der Waals surface area contributed by atoms with Crippen molar-refractivity contribution in [2.24, 2.45) is 0 Å². The molecule has 162 valence electrons. The Hall–Kier alpha value is -3.03. The van der Waals surface area contributed by atoms with Gasteiger partial charge in [0.25, 0.3) is 11.8 Å². The molecule has 1 fully saturated rings. The van der Waals surface area contributed by atoms with Gasteiger partial charge < -0.3 is 9.64 Å². The fraction of sp³-hybridized carbons (Fsp3) is 0.227. The molecule has 0 spiro atoms. The molecule has 7 nitrogen and oxygen atoms in total. The van der Waals surface area contributed by atoms with Crippen LogP contribution in [0.1, 0.15) is 15.9 Å². The van der Waals surface area contributed by atoms with Crippen LogP contribution in [0, 0.1) is 0 Å². The number of hydrazine groups is 1. The van der Waals surface area contributed by atoms with Gasteiger partial charge in [-0.1, -0.05) is 12.1 Å². The molecule has 0 unspecified atom stereocenters. The zero-order valence-electron chi connectivity index (χ0n) is 16.8. The van der Waals surface area contributed by atoms with E-state index in [1.807, 2.05) is 24.3 Å². The Kier molecular flexibility index (Phi) is 7.55. The smallest absolute Gasteiger partial charge is 0.337 e. The lowest BCUT2D eigenvalue weighted by atomic mass is 10.1. The van der Waals surface area contributed by atoms with Crippen molar-refractivity contribution < 1.29 is 19.1 Å². The number of amides is 2. The second-order valence-corrected chi connectivity index (χ2v) is 7.39. The van der Waals surface area contributed by atoms with Gasteiger partial charge in [0.15, 0.2) is 0 Å². The molecular formula is C22H21Cl2N3O4. The topological polar surface area (TPSA) is 79.0 Å². The van der Waals surface area contributed by atoms with Gasteiger partial charge in [-0.15, -0.1) is 23.2 Å². The summed E-state index contributed by atoms with van der Waals surface area (Å²) in [6.45, 7) is 1.33. The van der Waals surface area contributed by atoms with Crippen molar-refractivity contribution in [2.75, 3.05) is 41.9 Å². The predicted molar refractivity (Wildman–Crippen MR) is 121 cm³/mol. The summed E-state index contributed by atoms with van der Waals surface area (Å²) in [4.78, 5) is 38.8. The Bertz CT molecular complexity index is 985. The zero-order valence-corrected chi connectivity index (χ0v) is 18.3. The average molecular weight is 462 g/mol. The molecule has 0 bridgehead atoms. The summed E-state index contributed by atoms with van der Waals surface area (Å²) in [7, 11) is 1.29. The van der Waals surface area contributed by atoms with Gasteiger partial charge in [-0.05, 0) is 48.0 Å². The van der Waals surface area contributed by atoms with E-state index in [2.05, 4.69) is 15.1 Å². The third kappa shape index (κ3) is 5.18. The first-order valence-corrected chi connectivity index (χ1v) is 10.6. The third-order valence-electron chi connectivity index (χ3n) is 4.72. The molecule has 0 aliphatic carbocycles. The van der Waals surface area contributed by atoms with Crippen molar-refractivity contribution in [3.63, 3.8) is 0 Å². The van der Waals surface area contributed by atoms with Crippen molar-refractivity contribution in [2.45, 2.75) is 0 Å². The molecule has 1 saturated heterocycles. The number of rotatable bonds is 8. The van der Waals surface area contributed by atoms with Crippen LogP contribution in [0.2, 0.25) is 0 Å². The number of esters is 1. The van der Waals surface area contributed by atoms with Gasteiger partial charge in [0, 0.05) is 30.5 Å². The van der Waals surface area contributed by atoms with E-state index in [1.165, 1.54) is 25.3 Å². The average Bonchev–Trinajstić information content (AvgIpc) is 3.07. The molecule has 3 rings (SSSR count). The van der Waals surface area contributed by atoms with Crippen LogP contribution in [-0.2, 0) is 14.3 Å². The number of nitrogens with zero attached hydrogens (tertiary/aromatic N) is 2. The van der Waals surface area contributed by atoms with Crippen LogP contribution in [0.3, 0.4) is 0 Å². The van der Waals surface area contributed by atoms with E-state index in [4.69, 9.17) is 23.2 Å². The highest BCUT2D eigenvalue weighted by atomic mass is 35.5. The molecular weight excluding hydrogens is 441 g/mol. The van der Waals surface area contributed by atoms with Crippen molar-refractivity contribution in [3.8, 4) is 0 Å². The SMILES string of the molecule is COC(=O)c1ccc(N2NC(=O)/C(=C\c3ccc(N(CCCl)CCCl)cc3)C2=O)cc1. The first-order chi connectivity index (χ1) is 15.0. The van der Waals surface area contributed by atoms with Crippen LogP contribution < -0.4 is 15.3 Å². The molecule has 0 atom stereocenters. The number of halogens is 2. The Morgan fingerprint density at radius 2 is 1.65 bits per heavy atom. The largest absolute Gasteiger partial charge is 0.465 e. The molecule has 1 aliphatic rings. The van der Waals surface area contributed by atoms with E-state index >= 15 is 0 Å². The van der Waals surface area contributed by atoms with E-state index < -0.39 is 17.8 Å². The second-order valence-electron chi connectivity index (χ2n) is 6.63. The van der Waals surface area contributed by atoms with E-state index in [0.29, 0.717) is 41.7 Å². The molecule has 2 aromatic rings. The fourth-order valence-electron chi connectivity index (χ4n) is 3.13. The molecule has 9 heteroatoms. The number of methoxy groups -OCH3 is 1. The molecule has 0 saturated carbocycles. The van der Waals surface area contributed by atoms with E-state index in [1.54, 1.807) is 12.1 Å². The maximum absolute atomic E-state index is 12.8. The number of nitrogens with one attached hydrogen (secondary N) is 1. The standard InChI is InChI=1S/C22H21Cl2N3O4/c1-31-22(30)16-4-8-18(9-5-16)27-21(29)19(20(28)25-27)14-15-2-6-17(7-3-15)26(12-10-23)13-11-24/h2-9,14H,10-13H2,1H3,(H,25,28)/b19-14+.